The molecule has 164 valence electrons. The van der Waals surface area contributed by atoms with Gasteiger partial charge in [0.15, 0.2) is 6.61 Å². The summed E-state index contributed by atoms with van der Waals surface area (Å²) in [6.07, 6.45) is 4.97. The fourth-order valence-electron chi connectivity index (χ4n) is 4.13. The van der Waals surface area contributed by atoms with E-state index in [0.717, 1.165) is 37.9 Å². The van der Waals surface area contributed by atoms with E-state index in [4.69, 9.17) is 21.3 Å². The smallest absolute Gasteiger partial charge is 0.262 e. The van der Waals surface area contributed by atoms with Crippen molar-refractivity contribution in [1.29, 1.82) is 0 Å². The molecule has 0 aliphatic carbocycles. The van der Waals surface area contributed by atoms with E-state index in [-0.39, 0.29) is 29.0 Å². The van der Waals surface area contributed by atoms with Crippen molar-refractivity contribution in [3.63, 3.8) is 0 Å². The van der Waals surface area contributed by atoms with Crippen LogP contribution in [0.3, 0.4) is 0 Å². The van der Waals surface area contributed by atoms with Gasteiger partial charge in [0.25, 0.3) is 17.4 Å². The third-order valence-electron chi connectivity index (χ3n) is 5.78. The van der Waals surface area contributed by atoms with Crippen molar-refractivity contribution >= 4 is 45.7 Å². The number of rotatable bonds is 2. The highest BCUT2D eigenvalue weighted by atomic mass is 35.5. The van der Waals surface area contributed by atoms with Crippen molar-refractivity contribution in [2.24, 2.45) is 0 Å². The Morgan fingerprint density at radius 1 is 1.12 bits per heavy atom. The third-order valence-corrected chi connectivity index (χ3v) is 6.09. The first-order chi connectivity index (χ1) is 15.5. The van der Waals surface area contributed by atoms with Gasteiger partial charge in [-0.2, -0.15) is 0 Å². The van der Waals surface area contributed by atoms with Gasteiger partial charge >= 0.3 is 0 Å². The summed E-state index contributed by atoms with van der Waals surface area (Å²) in [7, 11) is 0. The summed E-state index contributed by atoms with van der Waals surface area (Å²) in [4.78, 5) is 42.1. The Balaban J connectivity index is 1.46. The number of halogens is 1. The van der Waals surface area contributed by atoms with Crippen LogP contribution in [0.5, 0.6) is 5.75 Å². The molecule has 0 spiro atoms. The van der Waals surface area contributed by atoms with Crippen LogP contribution in [0.2, 0.25) is 5.02 Å². The number of aromatic nitrogens is 2. The zero-order chi connectivity index (χ0) is 22.2. The molecule has 9 heteroatoms. The number of ether oxygens (including phenoxy) is 1. The molecule has 0 unspecified atom stereocenters. The van der Waals surface area contributed by atoms with Crippen LogP contribution in [0, 0.1) is 0 Å². The predicted molar refractivity (Wildman–Crippen MR) is 122 cm³/mol. The second-order valence-corrected chi connectivity index (χ2v) is 8.41. The van der Waals surface area contributed by atoms with Crippen molar-refractivity contribution in [2.75, 3.05) is 17.2 Å². The summed E-state index contributed by atoms with van der Waals surface area (Å²) in [6, 6.07) is 8.00. The molecule has 2 aliphatic rings. The van der Waals surface area contributed by atoms with Gasteiger partial charge < -0.3 is 15.4 Å². The molecule has 3 aromatic rings. The van der Waals surface area contributed by atoms with Gasteiger partial charge in [-0.05, 0) is 37.1 Å². The number of hydrogen-bond acceptors (Lipinski definition) is 5. The van der Waals surface area contributed by atoms with Gasteiger partial charge in [-0.15, -0.1) is 0 Å². The Bertz CT molecular complexity index is 1320. The molecule has 5 rings (SSSR count). The Hall–Kier alpha value is -3.39. The molecule has 0 fully saturated rings. The molecule has 0 saturated heterocycles. The molecular weight excluding hydrogens is 432 g/mol. The zero-order valence-electron chi connectivity index (χ0n) is 17.2. The number of amides is 2. The zero-order valence-corrected chi connectivity index (χ0v) is 18.0. The fourth-order valence-corrected chi connectivity index (χ4v) is 4.34. The number of benzene rings is 2. The lowest BCUT2D eigenvalue weighted by Crippen LogP contribution is -2.26. The molecule has 0 radical (unpaired) electrons. The molecular formula is C23H21ClN4O4. The van der Waals surface area contributed by atoms with Crippen LogP contribution in [0.25, 0.3) is 10.9 Å². The summed E-state index contributed by atoms with van der Waals surface area (Å²) >= 11 is 6.29. The van der Waals surface area contributed by atoms with E-state index in [1.54, 1.807) is 28.8 Å². The van der Waals surface area contributed by atoms with Gasteiger partial charge in [0.2, 0.25) is 0 Å². The minimum atomic E-state index is -0.387. The first-order valence-corrected chi connectivity index (χ1v) is 11.0. The van der Waals surface area contributed by atoms with Crippen molar-refractivity contribution in [2.45, 2.75) is 38.6 Å². The van der Waals surface area contributed by atoms with Gasteiger partial charge in [-0.1, -0.05) is 24.4 Å². The van der Waals surface area contributed by atoms with E-state index in [1.165, 1.54) is 6.07 Å². The van der Waals surface area contributed by atoms with E-state index in [0.29, 0.717) is 40.1 Å². The highest BCUT2D eigenvalue weighted by Gasteiger charge is 2.20. The van der Waals surface area contributed by atoms with Crippen LogP contribution < -0.4 is 20.9 Å². The number of nitrogens with one attached hydrogen (secondary N) is 2. The highest BCUT2D eigenvalue weighted by molar-refractivity contribution is 6.34. The van der Waals surface area contributed by atoms with Crippen LogP contribution in [-0.4, -0.2) is 28.0 Å². The molecule has 0 saturated carbocycles. The number of carbonyl (C=O) groups is 2. The van der Waals surface area contributed by atoms with Gasteiger partial charge in [0.1, 0.15) is 11.6 Å². The number of anilines is 2. The number of aryl methyl sites for hydroxylation is 1. The molecule has 1 aromatic heterocycles. The Labute approximate surface area is 188 Å². The first kappa shape index (κ1) is 20.5. The Kier molecular flexibility index (Phi) is 5.30. The quantitative estimate of drug-likeness (QED) is 0.616. The minimum Gasteiger partial charge on any atom is -0.482 e. The lowest BCUT2D eigenvalue weighted by molar-refractivity contribution is -0.118. The summed E-state index contributed by atoms with van der Waals surface area (Å²) in [5, 5.41) is 6.21. The van der Waals surface area contributed by atoms with E-state index < -0.39 is 0 Å². The van der Waals surface area contributed by atoms with Crippen molar-refractivity contribution in [3.8, 4) is 5.75 Å². The van der Waals surface area contributed by atoms with E-state index in [9.17, 15) is 14.4 Å². The third kappa shape index (κ3) is 3.82. The van der Waals surface area contributed by atoms with Crippen molar-refractivity contribution in [1.82, 2.24) is 9.55 Å². The average molecular weight is 453 g/mol. The second kappa shape index (κ2) is 8.27. The summed E-state index contributed by atoms with van der Waals surface area (Å²) < 4.78 is 7.16. The molecule has 2 N–H and O–H groups in total. The monoisotopic (exact) mass is 452 g/mol. The summed E-state index contributed by atoms with van der Waals surface area (Å²) in [5.41, 5.74) is 1.63. The van der Waals surface area contributed by atoms with Gasteiger partial charge in [0.05, 0.1) is 27.3 Å². The topological polar surface area (TPSA) is 102 Å². The molecule has 2 amide bonds. The van der Waals surface area contributed by atoms with Gasteiger partial charge in [-0.3, -0.25) is 19.0 Å². The standard InChI is InChI=1S/C23H21ClN4O4/c24-15-10-18-19(32-12-21(29)26-18)11-17(15)27-22(30)13-6-7-14-16(9-13)25-20-5-3-1-2-4-8-28(20)23(14)31/h6-7,9-11H,1-5,8,12H2,(H,26,29)(H,27,30). The normalized spacial score (nSPS) is 15.6. The second-order valence-electron chi connectivity index (χ2n) is 8.00. The lowest BCUT2D eigenvalue weighted by atomic mass is 10.1. The maximum atomic E-state index is 13.0. The SMILES string of the molecule is O=C1COc2cc(NC(=O)c3ccc4c(=O)n5c(nc4c3)CCCCCC5)c(Cl)cc2N1. The van der Waals surface area contributed by atoms with Crippen LogP contribution in [-0.2, 0) is 17.8 Å². The molecule has 32 heavy (non-hydrogen) atoms. The molecule has 8 nitrogen and oxygen atoms in total. The highest BCUT2D eigenvalue weighted by Crippen LogP contribution is 2.36. The van der Waals surface area contributed by atoms with Crippen LogP contribution >= 0.6 is 11.6 Å². The molecule has 0 bridgehead atoms. The number of fused-ring (bicyclic) bond motifs is 3. The maximum Gasteiger partial charge on any atom is 0.262 e. The molecule has 2 aliphatic heterocycles. The van der Waals surface area contributed by atoms with Crippen LogP contribution in [0.15, 0.2) is 35.1 Å². The minimum absolute atomic E-state index is 0.0595. The van der Waals surface area contributed by atoms with Crippen LogP contribution in [0.1, 0.15) is 41.9 Å². The molecule has 0 atom stereocenters. The maximum absolute atomic E-state index is 13.0. The van der Waals surface area contributed by atoms with Gasteiger partial charge in [0, 0.05) is 24.6 Å². The summed E-state index contributed by atoms with van der Waals surface area (Å²) in [6.45, 7) is 0.580. The van der Waals surface area contributed by atoms with Gasteiger partial charge in [-0.25, -0.2) is 4.98 Å². The van der Waals surface area contributed by atoms with Crippen molar-refractivity contribution in [3.05, 3.63) is 57.1 Å². The predicted octanol–water partition coefficient (Wildman–Crippen LogP) is 3.75. The van der Waals surface area contributed by atoms with E-state index in [1.807, 2.05) is 0 Å². The largest absolute Gasteiger partial charge is 0.482 e. The van der Waals surface area contributed by atoms with Crippen LogP contribution in [0.4, 0.5) is 11.4 Å². The number of hydrogen-bond donors (Lipinski definition) is 2. The molecule has 3 heterocycles. The lowest BCUT2D eigenvalue weighted by Gasteiger charge is -2.19. The van der Waals surface area contributed by atoms with Crippen molar-refractivity contribution < 1.29 is 14.3 Å². The van der Waals surface area contributed by atoms with E-state index >= 15 is 0 Å². The average Bonchev–Trinajstić information content (AvgIpc) is 2.75. The summed E-state index contributed by atoms with van der Waals surface area (Å²) in [5.74, 6) is 0.550. The Morgan fingerprint density at radius 3 is 2.84 bits per heavy atom. The molecule has 2 aromatic carbocycles. The first-order valence-electron chi connectivity index (χ1n) is 10.6. The van der Waals surface area contributed by atoms with E-state index in [2.05, 4.69) is 10.6 Å². The Morgan fingerprint density at radius 2 is 1.97 bits per heavy atom. The number of carbonyl (C=O) groups excluding carboxylic acids is 2. The fraction of sp³-hybridized carbons (Fsp3) is 0.304. The number of nitrogens with zero attached hydrogens (tertiary/aromatic N) is 2.